The number of likely N-dealkylation sites (N-methyl/N-ethyl adjacent to an activating group) is 1. The summed E-state index contributed by atoms with van der Waals surface area (Å²) in [7, 11) is 5.93. The van der Waals surface area contributed by atoms with E-state index in [1.807, 2.05) is 69.1 Å². The smallest absolute Gasteiger partial charge is 0.238 e. The lowest BCUT2D eigenvalue weighted by molar-refractivity contribution is -0.480. The number of thioether (sulfide) groups is 1. The predicted octanol–water partition coefficient (Wildman–Crippen LogP) is 2.75. The average molecular weight is 323 g/mol. The van der Waals surface area contributed by atoms with Crippen molar-refractivity contribution in [2.24, 2.45) is 0 Å². The molecule has 1 aliphatic heterocycles. The standard InChI is InChI=1S/C15H21N3OS2/c1-15(2)13(21-14(20)17(15)5)18(19)10-11-6-8-12(9-7-11)16(3)4/h6-10,13H,1-5H3/b18-10-. The molecule has 0 amide bonds. The number of hydrogen-bond acceptors (Lipinski definition) is 4. The third kappa shape index (κ3) is 3.16. The van der Waals surface area contributed by atoms with Crippen LogP contribution in [-0.4, -0.2) is 52.2 Å². The lowest BCUT2D eigenvalue weighted by atomic mass is 10.0. The van der Waals surface area contributed by atoms with Crippen molar-refractivity contribution in [3.8, 4) is 0 Å². The number of hydrogen-bond donors (Lipinski definition) is 0. The highest BCUT2D eigenvalue weighted by molar-refractivity contribution is 8.23. The second-order valence-electron chi connectivity index (χ2n) is 5.92. The van der Waals surface area contributed by atoms with Crippen LogP contribution in [0.2, 0.25) is 0 Å². The number of nitrogens with zero attached hydrogens (tertiary/aromatic N) is 3. The van der Waals surface area contributed by atoms with E-state index in [0.29, 0.717) is 0 Å². The monoisotopic (exact) mass is 323 g/mol. The van der Waals surface area contributed by atoms with Crippen LogP contribution < -0.4 is 4.90 Å². The Labute approximate surface area is 136 Å². The van der Waals surface area contributed by atoms with Crippen LogP contribution in [0.15, 0.2) is 24.3 Å². The van der Waals surface area contributed by atoms with E-state index in [2.05, 4.69) is 0 Å². The average Bonchev–Trinajstić information content (AvgIpc) is 2.63. The Bertz CT molecular complexity index is 567. The van der Waals surface area contributed by atoms with Crippen LogP contribution in [0.1, 0.15) is 19.4 Å². The molecule has 1 aromatic carbocycles. The van der Waals surface area contributed by atoms with Crippen molar-refractivity contribution >= 4 is 40.2 Å². The molecule has 0 saturated carbocycles. The molecule has 0 N–H and O–H groups in total. The van der Waals surface area contributed by atoms with Crippen LogP contribution in [0.4, 0.5) is 5.69 Å². The summed E-state index contributed by atoms with van der Waals surface area (Å²) < 4.78 is 1.78. The molecule has 6 heteroatoms. The molecule has 1 atom stereocenters. The predicted molar refractivity (Wildman–Crippen MR) is 95.4 cm³/mol. The third-order valence-electron chi connectivity index (χ3n) is 3.87. The van der Waals surface area contributed by atoms with Gasteiger partial charge in [0.2, 0.25) is 5.37 Å². The van der Waals surface area contributed by atoms with Gasteiger partial charge in [0.05, 0.1) is 0 Å². The van der Waals surface area contributed by atoms with Gasteiger partial charge in [0.25, 0.3) is 0 Å². The maximum absolute atomic E-state index is 12.5. The highest BCUT2D eigenvalue weighted by Crippen LogP contribution is 2.38. The van der Waals surface area contributed by atoms with E-state index < -0.39 is 0 Å². The topological polar surface area (TPSA) is 32.5 Å². The summed E-state index contributed by atoms with van der Waals surface area (Å²) in [6.45, 7) is 4.08. The van der Waals surface area contributed by atoms with Crippen molar-refractivity contribution in [1.29, 1.82) is 0 Å². The normalized spacial score (nSPS) is 21.8. The van der Waals surface area contributed by atoms with Crippen LogP contribution in [-0.2, 0) is 0 Å². The van der Waals surface area contributed by atoms with E-state index in [1.165, 1.54) is 11.8 Å². The number of hydroxylamine groups is 1. The van der Waals surface area contributed by atoms with Crippen molar-refractivity contribution in [3.05, 3.63) is 35.0 Å². The highest BCUT2D eigenvalue weighted by atomic mass is 32.2. The largest absolute Gasteiger partial charge is 0.623 e. The molecule has 2 rings (SSSR count). The number of benzene rings is 1. The lowest BCUT2D eigenvalue weighted by Gasteiger charge is -2.30. The first-order chi connectivity index (χ1) is 9.73. The molecule has 0 aliphatic carbocycles. The maximum Gasteiger partial charge on any atom is 0.238 e. The molecule has 4 nitrogen and oxygen atoms in total. The molecule has 1 aromatic rings. The van der Waals surface area contributed by atoms with E-state index in [1.54, 1.807) is 6.21 Å². The summed E-state index contributed by atoms with van der Waals surface area (Å²) in [5.41, 5.74) is 1.72. The summed E-state index contributed by atoms with van der Waals surface area (Å²) >= 11 is 6.75. The zero-order valence-electron chi connectivity index (χ0n) is 13.0. The zero-order chi connectivity index (χ0) is 15.8. The fourth-order valence-electron chi connectivity index (χ4n) is 2.16. The molecule has 0 radical (unpaired) electrons. The molecule has 1 unspecified atom stereocenters. The lowest BCUT2D eigenvalue weighted by Crippen LogP contribution is -2.47. The Morgan fingerprint density at radius 3 is 2.33 bits per heavy atom. The van der Waals surface area contributed by atoms with E-state index >= 15 is 0 Å². The molecule has 1 saturated heterocycles. The fourth-order valence-corrected chi connectivity index (χ4v) is 3.86. The summed E-state index contributed by atoms with van der Waals surface area (Å²) in [6, 6.07) is 7.91. The van der Waals surface area contributed by atoms with Gasteiger partial charge in [-0.25, -0.2) is 0 Å². The van der Waals surface area contributed by atoms with Gasteiger partial charge in [-0.2, -0.15) is 4.74 Å². The molecular weight excluding hydrogens is 302 g/mol. The molecule has 0 bridgehead atoms. The Balaban J connectivity index is 2.23. The van der Waals surface area contributed by atoms with E-state index in [-0.39, 0.29) is 10.9 Å². The van der Waals surface area contributed by atoms with Gasteiger partial charge in [-0.3, -0.25) is 0 Å². The first kappa shape index (κ1) is 16.1. The maximum atomic E-state index is 12.5. The summed E-state index contributed by atoms with van der Waals surface area (Å²) in [4.78, 5) is 4.02. The van der Waals surface area contributed by atoms with Gasteiger partial charge in [-0.15, -0.1) is 0 Å². The number of thiocarbonyl (C=S) groups is 1. The van der Waals surface area contributed by atoms with Gasteiger partial charge in [-0.05, 0) is 49.9 Å². The Morgan fingerprint density at radius 2 is 1.90 bits per heavy atom. The summed E-state index contributed by atoms with van der Waals surface area (Å²) in [5, 5.41) is 12.3. The Hall–Kier alpha value is -1.27. The fraction of sp³-hybridized carbons (Fsp3) is 0.467. The van der Waals surface area contributed by atoms with Gasteiger partial charge in [-0.1, -0.05) is 12.2 Å². The second kappa shape index (κ2) is 5.85. The molecular formula is C15H21N3OS2. The SMILES string of the molecule is CN(C)c1ccc(/C=[N+](\[O-])C2SC(=S)N(C)C2(C)C)cc1. The van der Waals surface area contributed by atoms with Gasteiger partial charge >= 0.3 is 0 Å². The summed E-state index contributed by atoms with van der Waals surface area (Å²) in [5.74, 6) is 0. The highest BCUT2D eigenvalue weighted by Gasteiger charge is 2.48. The van der Waals surface area contributed by atoms with E-state index in [0.717, 1.165) is 20.3 Å². The van der Waals surface area contributed by atoms with Crippen LogP contribution in [0, 0.1) is 5.21 Å². The molecule has 1 heterocycles. The minimum Gasteiger partial charge on any atom is -0.623 e. The molecule has 1 aliphatic rings. The third-order valence-corrected chi connectivity index (χ3v) is 5.92. The number of anilines is 1. The first-order valence-electron chi connectivity index (χ1n) is 6.75. The van der Waals surface area contributed by atoms with Gasteiger partial charge in [0.15, 0.2) is 6.21 Å². The van der Waals surface area contributed by atoms with Crippen LogP contribution >= 0.6 is 24.0 Å². The molecule has 0 aromatic heterocycles. The Kier molecular flexibility index (Phi) is 4.49. The van der Waals surface area contributed by atoms with Crippen molar-refractivity contribution in [2.45, 2.75) is 24.8 Å². The summed E-state index contributed by atoms with van der Waals surface area (Å²) in [6.07, 6.45) is 1.64. The van der Waals surface area contributed by atoms with Crippen molar-refractivity contribution in [1.82, 2.24) is 4.90 Å². The van der Waals surface area contributed by atoms with Crippen molar-refractivity contribution in [2.75, 3.05) is 26.0 Å². The Morgan fingerprint density at radius 1 is 1.33 bits per heavy atom. The van der Waals surface area contributed by atoms with Crippen LogP contribution in [0.5, 0.6) is 0 Å². The molecule has 21 heavy (non-hydrogen) atoms. The van der Waals surface area contributed by atoms with Gasteiger partial charge in [0, 0.05) is 32.4 Å². The van der Waals surface area contributed by atoms with Gasteiger partial charge in [0.1, 0.15) is 9.86 Å². The second-order valence-corrected chi connectivity index (χ2v) is 7.64. The quantitative estimate of drug-likeness (QED) is 0.281. The van der Waals surface area contributed by atoms with E-state index in [9.17, 15) is 5.21 Å². The van der Waals surface area contributed by atoms with Crippen molar-refractivity contribution < 1.29 is 4.74 Å². The molecule has 114 valence electrons. The molecule has 1 fully saturated rings. The first-order valence-corrected chi connectivity index (χ1v) is 8.04. The minimum absolute atomic E-state index is 0.233. The van der Waals surface area contributed by atoms with Crippen molar-refractivity contribution in [3.63, 3.8) is 0 Å². The van der Waals surface area contributed by atoms with Crippen LogP contribution in [0.25, 0.3) is 0 Å². The zero-order valence-corrected chi connectivity index (χ0v) is 14.7. The van der Waals surface area contributed by atoms with E-state index in [4.69, 9.17) is 12.2 Å². The van der Waals surface area contributed by atoms with Crippen LogP contribution in [0.3, 0.4) is 0 Å². The molecule has 0 spiro atoms. The van der Waals surface area contributed by atoms with Gasteiger partial charge < -0.3 is 15.0 Å². The minimum atomic E-state index is -0.288. The number of rotatable bonds is 3.